The van der Waals surface area contributed by atoms with Crippen molar-refractivity contribution in [1.82, 2.24) is 4.90 Å². The van der Waals surface area contributed by atoms with Gasteiger partial charge in [0.2, 0.25) is 5.91 Å². The maximum atomic E-state index is 13.6. The van der Waals surface area contributed by atoms with Gasteiger partial charge in [0.05, 0.1) is 0 Å². The third kappa shape index (κ3) is 6.97. The molecule has 0 unspecified atom stereocenters. The lowest BCUT2D eigenvalue weighted by atomic mass is 9.90. The van der Waals surface area contributed by atoms with Crippen LogP contribution in [0.1, 0.15) is 60.9 Å². The zero-order valence-electron chi connectivity index (χ0n) is 22.0. The Balaban J connectivity index is 1.38. The Morgan fingerprint density at radius 3 is 2.26 bits per heavy atom. The molecule has 1 aliphatic rings. The number of amides is 1. The van der Waals surface area contributed by atoms with Crippen molar-refractivity contribution in [3.63, 3.8) is 0 Å². The Morgan fingerprint density at radius 1 is 0.974 bits per heavy atom. The molecule has 3 aromatic carbocycles. The minimum absolute atomic E-state index is 0.0736. The molecule has 5 nitrogen and oxygen atoms in total. The number of hydrogen-bond acceptors (Lipinski definition) is 3. The molecule has 1 atom stereocenters. The van der Waals surface area contributed by atoms with Crippen molar-refractivity contribution in [1.29, 1.82) is 0 Å². The number of ether oxygens (including phenoxy) is 1. The van der Waals surface area contributed by atoms with Crippen molar-refractivity contribution in [2.24, 2.45) is 0 Å². The first-order valence-corrected chi connectivity index (χ1v) is 12.8. The maximum Gasteiger partial charge on any atom is 0.323 e. The van der Waals surface area contributed by atoms with Gasteiger partial charge in [0.1, 0.15) is 29.5 Å². The smallest absolute Gasteiger partial charge is 0.323 e. The molecule has 0 aromatic heterocycles. The minimum atomic E-state index is -1.19. The molecular formula is C31H33F2NO4. The molecule has 1 amide bonds. The van der Waals surface area contributed by atoms with Gasteiger partial charge in [-0.2, -0.15) is 0 Å². The van der Waals surface area contributed by atoms with E-state index in [0.717, 1.165) is 52.8 Å². The van der Waals surface area contributed by atoms with Crippen LogP contribution in [0.15, 0.2) is 60.7 Å². The van der Waals surface area contributed by atoms with Gasteiger partial charge in [0, 0.05) is 31.9 Å². The van der Waals surface area contributed by atoms with E-state index < -0.39 is 30.1 Å². The van der Waals surface area contributed by atoms with Gasteiger partial charge in [-0.25, -0.2) is 8.78 Å². The van der Waals surface area contributed by atoms with E-state index in [1.165, 1.54) is 11.1 Å². The van der Waals surface area contributed by atoms with Gasteiger partial charge in [-0.05, 0) is 65.3 Å². The summed E-state index contributed by atoms with van der Waals surface area (Å²) in [6.07, 6.45) is 2.00. The van der Waals surface area contributed by atoms with E-state index in [1.807, 2.05) is 18.2 Å². The molecule has 1 aliphatic heterocycles. The third-order valence-corrected chi connectivity index (χ3v) is 6.87. The average Bonchev–Trinajstić information content (AvgIpc) is 3.16. The zero-order chi connectivity index (χ0) is 27.4. The van der Waals surface area contributed by atoms with Crippen LogP contribution in [0.3, 0.4) is 0 Å². The van der Waals surface area contributed by atoms with Crippen LogP contribution in [-0.2, 0) is 35.4 Å². The summed E-state index contributed by atoms with van der Waals surface area (Å²) in [6.45, 7) is 5.71. The molecule has 38 heavy (non-hydrogen) atoms. The Hall–Kier alpha value is -3.74. The van der Waals surface area contributed by atoms with E-state index in [2.05, 4.69) is 45.0 Å². The summed E-state index contributed by atoms with van der Waals surface area (Å²) in [7, 11) is 0. The Labute approximate surface area is 222 Å². The Bertz CT molecular complexity index is 1300. The molecule has 3 aromatic rings. The summed E-state index contributed by atoms with van der Waals surface area (Å²) in [6, 6.07) is 17.5. The molecular weight excluding hydrogens is 488 g/mol. The monoisotopic (exact) mass is 521 g/mol. The summed E-state index contributed by atoms with van der Waals surface area (Å²) in [4.78, 5) is 25.3. The predicted octanol–water partition coefficient (Wildman–Crippen LogP) is 6.07. The molecule has 7 heteroatoms. The molecule has 0 saturated heterocycles. The van der Waals surface area contributed by atoms with E-state index >= 15 is 0 Å². The van der Waals surface area contributed by atoms with Gasteiger partial charge in [0.25, 0.3) is 0 Å². The molecule has 0 bridgehead atoms. The fourth-order valence-electron chi connectivity index (χ4n) is 5.01. The Morgan fingerprint density at radius 2 is 1.63 bits per heavy atom. The fraction of sp³-hybridized carbons (Fsp3) is 0.355. The Kier molecular flexibility index (Phi) is 8.14. The zero-order valence-corrected chi connectivity index (χ0v) is 22.0. The number of rotatable bonds is 10. The van der Waals surface area contributed by atoms with Gasteiger partial charge >= 0.3 is 5.97 Å². The number of fused-ring (bicyclic) bond motifs is 1. The summed E-state index contributed by atoms with van der Waals surface area (Å²) in [5.74, 6) is -1.82. The van der Waals surface area contributed by atoms with Crippen molar-refractivity contribution in [3.05, 3.63) is 100 Å². The van der Waals surface area contributed by atoms with E-state index in [1.54, 1.807) is 0 Å². The second-order valence-corrected chi connectivity index (χ2v) is 10.7. The van der Waals surface area contributed by atoms with E-state index in [9.17, 15) is 23.5 Å². The highest BCUT2D eigenvalue weighted by Crippen LogP contribution is 2.38. The second-order valence-electron chi connectivity index (χ2n) is 10.7. The number of aryl methyl sites for hydroxylation is 1. The van der Waals surface area contributed by atoms with Crippen LogP contribution in [0.5, 0.6) is 5.75 Å². The SMILES string of the molecule is CC(C)c1ccc(C[C@@]2(C)Cc3cc(CCC(=O)N(CC(=O)O)Cc4cc(F)cc(F)c4)ccc3O2)cc1. The average molecular weight is 522 g/mol. The summed E-state index contributed by atoms with van der Waals surface area (Å²) in [5.41, 5.74) is 4.37. The first-order chi connectivity index (χ1) is 18.0. The van der Waals surface area contributed by atoms with E-state index in [-0.39, 0.29) is 24.1 Å². The lowest BCUT2D eigenvalue weighted by Crippen LogP contribution is -2.35. The highest BCUT2D eigenvalue weighted by atomic mass is 19.1. The van der Waals surface area contributed by atoms with Crippen molar-refractivity contribution in [2.75, 3.05) is 6.54 Å². The summed E-state index contributed by atoms with van der Waals surface area (Å²) in [5, 5.41) is 9.25. The first-order valence-electron chi connectivity index (χ1n) is 12.8. The highest BCUT2D eigenvalue weighted by molar-refractivity contribution is 5.81. The van der Waals surface area contributed by atoms with Crippen LogP contribution in [0.25, 0.3) is 0 Å². The number of carboxylic acid groups (broad SMARTS) is 1. The molecule has 1 heterocycles. The standard InChI is InChI=1S/C31H33F2NO4/c1-20(2)24-8-4-22(5-9-24)16-31(3)17-25-12-21(6-10-28(25)38-31)7-11-29(35)34(19-30(36)37)18-23-13-26(32)15-27(33)14-23/h4-6,8-10,12-15,20H,7,11,16-19H2,1-3H3,(H,36,37)/t31-/m0/s1. The predicted molar refractivity (Wildman–Crippen MR) is 141 cm³/mol. The van der Waals surface area contributed by atoms with Gasteiger partial charge < -0.3 is 14.7 Å². The molecule has 0 aliphatic carbocycles. The molecule has 200 valence electrons. The van der Waals surface area contributed by atoms with Crippen LogP contribution in [0.4, 0.5) is 8.78 Å². The van der Waals surface area contributed by atoms with Crippen LogP contribution in [0, 0.1) is 11.6 Å². The van der Waals surface area contributed by atoms with E-state index in [4.69, 9.17) is 4.74 Å². The van der Waals surface area contributed by atoms with Gasteiger partial charge in [-0.1, -0.05) is 50.2 Å². The number of carboxylic acids is 1. The number of carbonyl (C=O) groups excluding carboxylic acids is 1. The highest BCUT2D eigenvalue weighted by Gasteiger charge is 2.35. The molecule has 0 fully saturated rings. The first kappa shape index (κ1) is 27.3. The molecule has 0 saturated carbocycles. The largest absolute Gasteiger partial charge is 0.487 e. The molecule has 0 radical (unpaired) electrons. The number of nitrogens with zero attached hydrogens (tertiary/aromatic N) is 1. The van der Waals surface area contributed by atoms with Gasteiger partial charge in [-0.15, -0.1) is 0 Å². The molecule has 4 rings (SSSR count). The van der Waals surface area contributed by atoms with Crippen LogP contribution in [-0.4, -0.2) is 34.0 Å². The van der Waals surface area contributed by atoms with Gasteiger partial charge in [-0.3, -0.25) is 9.59 Å². The van der Waals surface area contributed by atoms with Crippen molar-refractivity contribution in [3.8, 4) is 5.75 Å². The lowest BCUT2D eigenvalue weighted by molar-refractivity contribution is -0.144. The number of hydrogen-bond donors (Lipinski definition) is 1. The quantitative estimate of drug-likeness (QED) is 0.352. The second kappa shape index (κ2) is 11.3. The summed E-state index contributed by atoms with van der Waals surface area (Å²) < 4.78 is 33.5. The van der Waals surface area contributed by atoms with Crippen molar-refractivity contribution in [2.45, 2.75) is 64.5 Å². The van der Waals surface area contributed by atoms with Crippen LogP contribution < -0.4 is 4.74 Å². The maximum absolute atomic E-state index is 13.6. The normalized spacial score (nSPS) is 16.3. The number of aliphatic carboxylic acids is 1. The minimum Gasteiger partial charge on any atom is -0.487 e. The topological polar surface area (TPSA) is 66.8 Å². The van der Waals surface area contributed by atoms with E-state index in [0.29, 0.717) is 12.3 Å². The van der Waals surface area contributed by atoms with Crippen LogP contribution in [0.2, 0.25) is 0 Å². The fourth-order valence-corrected chi connectivity index (χ4v) is 5.01. The number of carbonyl (C=O) groups is 2. The molecule has 0 spiro atoms. The number of benzene rings is 3. The van der Waals surface area contributed by atoms with Gasteiger partial charge in [0.15, 0.2) is 0 Å². The summed E-state index contributed by atoms with van der Waals surface area (Å²) >= 11 is 0. The lowest BCUT2D eigenvalue weighted by Gasteiger charge is -2.24. The third-order valence-electron chi connectivity index (χ3n) is 6.87. The van der Waals surface area contributed by atoms with Crippen molar-refractivity contribution < 1.29 is 28.2 Å². The molecule has 1 N–H and O–H groups in total. The van der Waals surface area contributed by atoms with Crippen LogP contribution >= 0.6 is 0 Å². The van der Waals surface area contributed by atoms with Crippen molar-refractivity contribution >= 4 is 11.9 Å². The number of halogens is 2.